The maximum atomic E-state index is 10.2. The maximum Gasteiger partial charge on any atom is 0.126 e. The third-order valence-electron chi connectivity index (χ3n) is 4.24. The number of aliphatic hydroxyl groups is 2. The minimum Gasteiger partial charge on any atom is -0.396 e. The molecule has 2 unspecified atom stereocenters. The lowest BCUT2D eigenvalue weighted by Crippen LogP contribution is -2.44. The lowest BCUT2D eigenvalue weighted by molar-refractivity contribution is 0.0796. The van der Waals surface area contributed by atoms with Gasteiger partial charge in [-0.05, 0) is 20.9 Å². The highest BCUT2D eigenvalue weighted by molar-refractivity contribution is 5.04. The molecule has 1 aromatic rings. The molecule has 1 rings (SSSR count). The van der Waals surface area contributed by atoms with Gasteiger partial charge in [-0.1, -0.05) is 13.8 Å². The molecule has 0 spiro atoms. The zero-order valence-corrected chi connectivity index (χ0v) is 14.7. The van der Waals surface area contributed by atoms with Crippen LogP contribution in [0.1, 0.15) is 39.6 Å². The predicted octanol–water partition coefficient (Wildman–Crippen LogP) is 0.770. The van der Waals surface area contributed by atoms with Gasteiger partial charge in [-0.2, -0.15) is 0 Å². The largest absolute Gasteiger partial charge is 0.396 e. The average Bonchev–Trinajstić information content (AvgIpc) is 2.84. The van der Waals surface area contributed by atoms with E-state index in [1.54, 1.807) is 6.20 Å². The molecular weight excluding hydrogens is 280 g/mol. The summed E-state index contributed by atoms with van der Waals surface area (Å²) in [5.41, 5.74) is -0.372. The number of likely N-dealkylation sites (N-methyl/N-ethyl adjacent to an activating group) is 1. The third kappa shape index (κ3) is 5.05. The number of nitrogens with one attached hydrogen (secondary N) is 1. The highest BCUT2D eigenvalue weighted by atomic mass is 16.3. The molecule has 0 bridgehead atoms. The molecule has 0 aliphatic heterocycles. The second kappa shape index (κ2) is 8.06. The monoisotopic (exact) mass is 312 g/mol. The van der Waals surface area contributed by atoms with Crippen molar-refractivity contribution in [3.05, 3.63) is 18.2 Å². The van der Waals surface area contributed by atoms with Crippen molar-refractivity contribution in [1.29, 1.82) is 0 Å². The van der Waals surface area contributed by atoms with Crippen molar-refractivity contribution in [3.8, 4) is 0 Å². The van der Waals surface area contributed by atoms with Crippen LogP contribution in [0.15, 0.2) is 12.4 Å². The number of hydrogen-bond donors (Lipinski definition) is 3. The molecule has 0 radical (unpaired) electrons. The Balaban J connectivity index is 2.73. The molecule has 0 aliphatic carbocycles. The molecule has 0 amide bonds. The highest BCUT2D eigenvalue weighted by Gasteiger charge is 2.33. The van der Waals surface area contributed by atoms with Crippen molar-refractivity contribution in [2.24, 2.45) is 12.5 Å². The fourth-order valence-electron chi connectivity index (χ4n) is 2.33. The van der Waals surface area contributed by atoms with Crippen LogP contribution in [-0.2, 0) is 7.05 Å². The van der Waals surface area contributed by atoms with Crippen LogP contribution in [0.5, 0.6) is 0 Å². The van der Waals surface area contributed by atoms with Crippen LogP contribution in [0.4, 0.5) is 0 Å². The number of aryl methyl sites for hydroxylation is 1. The van der Waals surface area contributed by atoms with E-state index in [1.165, 1.54) is 0 Å². The third-order valence-corrected chi connectivity index (χ3v) is 4.24. The fraction of sp³-hybridized carbons (Fsp3) is 0.812. The molecule has 0 aromatic carbocycles. The summed E-state index contributed by atoms with van der Waals surface area (Å²) in [7, 11) is 3.94. The Hall–Kier alpha value is -0.950. The summed E-state index contributed by atoms with van der Waals surface area (Å²) in [6.45, 7) is 9.30. The van der Waals surface area contributed by atoms with E-state index < -0.39 is 6.10 Å². The summed E-state index contributed by atoms with van der Waals surface area (Å²) in [5, 5.41) is 23.3. The highest BCUT2D eigenvalue weighted by Crippen LogP contribution is 2.31. The molecule has 6 heteroatoms. The summed E-state index contributed by atoms with van der Waals surface area (Å²) < 4.78 is 1.95. The van der Waals surface area contributed by atoms with Crippen molar-refractivity contribution < 1.29 is 10.2 Å². The van der Waals surface area contributed by atoms with Crippen LogP contribution in [-0.4, -0.2) is 63.6 Å². The van der Waals surface area contributed by atoms with Crippen LogP contribution in [0.2, 0.25) is 0 Å². The number of hydrogen-bond acceptors (Lipinski definition) is 5. The van der Waals surface area contributed by atoms with Crippen LogP contribution in [0.25, 0.3) is 0 Å². The molecule has 0 saturated heterocycles. The van der Waals surface area contributed by atoms with Gasteiger partial charge in [-0.25, -0.2) is 4.98 Å². The Morgan fingerprint density at radius 2 is 2.05 bits per heavy atom. The quantitative estimate of drug-likeness (QED) is 0.628. The fourth-order valence-corrected chi connectivity index (χ4v) is 2.33. The first-order chi connectivity index (χ1) is 10.2. The van der Waals surface area contributed by atoms with Crippen molar-refractivity contribution in [3.63, 3.8) is 0 Å². The summed E-state index contributed by atoms with van der Waals surface area (Å²) in [6.07, 6.45) is 3.17. The van der Waals surface area contributed by atoms with Gasteiger partial charge in [0.15, 0.2) is 0 Å². The summed E-state index contributed by atoms with van der Waals surface area (Å²) in [6, 6.07) is 0.269. The molecule has 22 heavy (non-hydrogen) atoms. The Morgan fingerprint density at radius 3 is 2.50 bits per heavy atom. The second-order valence-electron chi connectivity index (χ2n) is 7.07. The zero-order chi connectivity index (χ0) is 16.9. The van der Waals surface area contributed by atoms with E-state index in [1.807, 2.05) is 38.7 Å². The number of rotatable bonds is 9. The van der Waals surface area contributed by atoms with E-state index >= 15 is 0 Å². The van der Waals surface area contributed by atoms with Gasteiger partial charge in [0.05, 0.1) is 18.8 Å². The van der Waals surface area contributed by atoms with Gasteiger partial charge in [-0.15, -0.1) is 0 Å². The lowest BCUT2D eigenvalue weighted by Gasteiger charge is -2.34. The van der Waals surface area contributed by atoms with Crippen molar-refractivity contribution in [2.45, 2.75) is 45.9 Å². The Labute approximate surface area is 134 Å². The van der Waals surface area contributed by atoms with E-state index in [0.29, 0.717) is 19.1 Å². The van der Waals surface area contributed by atoms with E-state index in [9.17, 15) is 10.2 Å². The summed E-state index contributed by atoms with van der Waals surface area (Å²) >= 11 is 0. The van der Waals surface area contributed by atoms with Gasteiger partial charge < -0.3 is 25.0 Å². The molecular formula is C16H32N4O2. The van der Waals surface area contributed by atoms with Crippen LogP contribution in [0.3, 0.4) is 0 Å². The predicted molar refractivity (Wildman–Crippen MR) is 88.6 cm³/mol. The second-order valence-corrected chi connectivity index (χ2v) is 7.07. The summed E-state index contributed by atoms with van der Waals surface area (Å²) in [4.78, 5) is 6.51. The minimum atomic E-state index is -0.468. The first kappa shape index (κ1) is 19.1. The van der Waals surface area contributed by atoms with E-state index in [-0.39, 0.29) is 18.1 Å². The smallest absolute Gasteiger partial charge is 0.126 e. The number of imidazole rings is 1. The van der Waals surface area contributed by atoms with Crippen molar-refractivity contribution in [1.82, 2.24) is 19.8 Å². The number of nitrogens with zero attached hydrogens (tertiary/aromatic N) is 3. The van der Waals surface area contributed by atoms with Crippen LogP contribution in [0, 0.1) is 5.41 Å². The Bertz CT molecular complexity index is 445. The summed E-state index contributed by atoms with van der Waals surface area (Å²) in [5.74, 6) is 0.864. The van der Waals surface area contributed by atoms with Gasteiger partial charge >= 0.3 is 0 Å². The maximum absolute atomic E-state index is 10.2. The average molecular weight is 312 g/mol. The lowest BCUT2D eigenvalue weighted by atomic mass is 9.84. The standard InChI is InChI=1S/C16H32N4O2/c1-12(2)20(6)10-13(22)9-18-14(16(3,4)11-21)15-17-7-8-19(15)5/h7-8,12-14,18,21-22H,9-11H2,1-6H3. The molecule has 0 aliphatic rings. The molecule has 2 atom stereocenters. The normalized spacial score (nSPS) is 15.5. The molecule has 128 valence electrons. The zero-order valence-electron chi connectivity index (χ0n) is 14.7. The van der Waals surface area contributed by atoms with Gasteiger partial charge in [-0.3, -0.25) is 0 Å². The molecule has 3 N–H and O–H groups in total. The molecule has 0 fully saturated rings. The number of aromatic nitrogens is 2. The molecule has 1 aromatic heterocycles. The molecule has 6 nitrogen and oxygen atoms in total. The number of aliphatic hydroxyl groups excluding tert-OH is 2. The Kier molecular flexibility index (Phi) is 6.99. The molecule has 0 saturated carbocycles. The SMILES string of the molecule is CC(C)N(C)CC(O)CNC(c1nccn1C)C(C)(C)CO. The first-order valence-electron chi connectivity index (χ1n) is 7.88. The Morgan fingerprint density at radius 1 is 1.41 bits per heavy atom. The van der Waals surface area contributed by atoms with E-state index in [2.05, 4.69) is 29.0 Å². The van der Waals surface area contributed by atoms with E-state index in [0.717, 1.165) is 5.82 Å². The minimum absolute atomic E-state index is 0.0412. The van der Waals surface area contributed by atoms with Crippen LogP contribution < -0.4 is 5.32 Å². The topological polar surface area (TPSA) is 73.5 Å². The van der Waals surface area contributed by atoms with Gasteiger partial charge in [0.1, 0.15) is 5.82 Å². The van der Waals surface area contributed by atoms with E-state index in [4.69, 9.17) is 0 Å². The van der Waals surface area contributed by atoms with Crippen LogP contribution >= 0.6 is 0 Å². The van der Waals surface area contributed by atoms with Gasteiger partial charge in [0, 0.05) is 44.0 Å². The first-order valence-corrected chi connectivity index (χ1v) is 7.88. The van der Waals surface area contributed by atoms with Crippen molar-refractivity contribution in [2.75, 3.05) is 26.7 Å². The van der Waals surface area contributed by atoms with Gasteiger partial charge in [0.25, 0.3) is 0 Å². The van der Waals surface area contributed by atoms with Crippen molar-refractivity contribution >= 4 is 0 Å². The van der Waals surface area contributed by atoms with Gasteiger partial charge in [0.2, 0.25) is 0 Å². The molecule has 1 heterocycles.